The van der Waals surface area contributed by atoms with Crippen molar-refractivity contribution in [3.63, 3.8) is 0 Å². The summed E-state index contributed by atoms with van der Waals surface area (Å²) in [7, 11) is 0. The molecule has 0 saturated heterocycles. The molecule has 6 nitrogen and oxygen atoms in total. The second kappa shape index (κ2) is 4.92. The number of H-pyrrole nitrogens is 1. The van der Waals surface area contributed by atoms with Crippen LogP contribution in [0.3, 0.4) is 0 Å². The summed E-state index contributed by atoms with van der Waals surface area (Å²) in [6.07, 6.45) is 5.92. The molecule has 24 heavy (non-hydrogen) atoms. The van der Waals surface area contributed by atoms with Crippen LogP contribution in [0.2, 0.25) is 0 Å². The standard InChI is InChI=1S/C18H15N5O/c24-18(13-10-20-23-8-3-7-19-17(13)23)22-9-6-16-14(11-22)12-4-1-2-5-15(12)21-16/h1-5,7-8,10,21H,6,9,11H2. The Morgan fingerprint density at radius 2 is 2.12 bits per heavy atom. The van der Waals surface area contributed by atoms with Crippen molar-refractivity contribution in [3.8, 4) is 0 Å². The highest BCUT2D eigenvalue weighted by Crippen LogP contribution is 2.28. The Hall–Kier alpha value is -3.15. The Bertz CT molecular complexity index is 1080. The average molecular weight is 317 g/mol. The molecule has 6 heteroatoms. The summed E-state index contributed by atoms with van der Waals surface area (Å²) in [5.74, 6) is -0.0142. The van der Waals surface area contributed by atoms with Crippen LogP contribution in [-0.2, 0) is 13.0 Å². The summed E-state index contributed by atoms with van der Waals surface area (Å²) in [6, 6.07) is 10.0. The third-order valence-corrected chi connectivity index (χ3v) is 4.68. The monoisotopic (exact) mass is 317 g/mol. The molecule has 1 amide bonds. The van der Waals surface area contributed by atoms with E-state index in [0.29, 0.717) is 24.3 Å². The maximum Gasteiger partial charge on any atom is 0.259 e. The normalized spacial score (nSPS) is 14.2. The highest BCUT2D eigenvalue weighted by Gasteiger charge is 2.26. The van der Waals surface area contributed by atoms with Crippen molar-refractivity contribution in [2.45, 2.75) is 13.0 Å². The predicted molar refractivity (Wildman–Crippen MR) is 89.7 cm³/mol. The number of aromatic nitrogens is 4. The van der Waals surface area contributed by atoms with Gasteiger partial charge < -0.3 is 9.88 Å². The smallest absolute Gasteiger partial charge is 0.259 e. The van der Waals surface area contributed by atoms with Gasteiger partial charge in [0.25, 0.3) is 5.91 Å². The fourth-order valence-electron chi connectivity index (χ4n) is 3.49. The number of nitrogens with one attached hydrogen (secondary N) is 1. The van der Waals surface area contributed by atoms with Crippen LogP contribution < -0.4 is 0 Å². The lowest BCUT2D eigenvalue weighted by Gasteiger charge is -2.27. The molecule has 1 aromatic carbocycles. The van der Waals surface area contributed by atoms with Gasteiger partial charge in [0.05, 0.1) is 6.20 Å². The topological polar surface area (TPSA) is 66.3 Å². The van der Waals surface area contributed by atoms with Crippen molar-refractivity contribution in [2.24, 2.45) is 0 Å². The van der Waals surface area contributed by atoms with Crippen LogP contribution in [0.1, 0.15) is 21.6 Å². The van der Waals surface area contributed by atoms with E-state index in [-0.39, 0.29) is 5.91 Å². The van der Waals surface area contributed by atoms with Crippen LogP contribution in [0.25, 0.3) is 16.6 Å². The number of hydrogen-bond acceptors (Lipinski definition) is 3. The number of nitrogens with zero attached hydrogens (tertiary/aromatic N) is 4. The van der Waals surface area contributed by atoms with Crippen molar-refractivity contribution >= 4 is 22.5 Å². The van der Waals surface area contributed by atoms with E-state index >= 15 is 0 Å². The van der Waals surface area contributed by atoms with Crippen molar-refractivity contribution in [3.05, 3.63) is 65.7 Å². The molecule has 1 N–H and O–H groups in total. The minimum atomic E-state index is -0.0142. The third-order valence-electron chi connectivity index (χ3n) is 4.68. The first-order chi connectivity index (χ1) is 11.8. The first kappa shape index (κ1) is 13.3. The summed E-state index contributed by atoms with van der Waals surface area (Å²) < 4.78 is 1.63. The van der Waals surface area contributed by atoms with Crippen molar-refractivity contribution < 1.29 is 4.79 Å². The van der Waals surface area contributed by atoms with Gasteiger partial charge in [-0.05, 0) is 12.1 Å². The number of aromatic amines is 1. The predicted octanol–water partition coefficient (Wildman–Crippen LogP) is 2.41. The Morgan fingerprint density at radius 3 is 3.08 bits per heavy atom. The molecule has 0 spiro atoms. The molecular weight excluding hydrogens is 302 g/mol. The molecule has 4 heterocycles. The molecule has 0 bridgehead atoms. The van der Waals surface area contributed by atoms with Crippen molar-refractivity contribution in [1.29, 1.82) is 0 Å². The number of carbonyl (C=O) groups excluding carboxylic acids is 1. The number of hydrogen-bond donors (Lipinski definition) is 1. The molecule has 118 valence electrons. The van der Waals surface area contributed by atoms with Crippen molar-refractivity contribution in [2.75, 3.05) is 6.54 Å². The molecule has 1 aliphatic rings. The van der Waals surface area contributed by atoms with E-state index in [9.17, 15) is 4.79 Å². The number of amides is 1. The van der Waals surface area contributed by atoms with E-state index in [2.05, 4.69) is 27.2 Å². The lowest BCUT2D eigenvalue weighted by molar-refractivity contribution is 0.0737. The summed E-state index contributed by atoms with van der Waals surface area (Å²) in [5, 5.41) is 5.42. The van der Waals surface area contributed by atoms with Crippen LogP contribution in [-0.4, -0.2) is 36.9 Å². The highest BCUT2D eigenvalue weighted by molar-refractivity contribution is 6.00. The Balaban J connectivity index is 1.53. The summed E-state index contributed by atoms with van der Waals surface area (Å²) in [6.45, 7) is 1.31. The molecule has 0 radical (unpaired) electrons. The zero-order valence-corrected chi connectivity index (χ0v) is 12.9. The second-order valence-corrected chi connectivity index (χ2v) is 6.05. The number of fused-ring (bicyclic) bond motifs is 4. The summed E-state index contributed by atoms with van der Waals surface area (Å²) in [4.78, 5) is 22.6. The fraction of sp³-hybridized carbons (Fsp3) is 0.167. The Labute approximate surface area is 137 Å². The molecule has 5 rings (SSSR count). The van der Waals surface area contributed by atoms with Gasteiger partial charge in [-0.25, -0.2) is 9.50 Å². The summed E-state index contributed by atoms with van der Waals surface area (Å²) in [5.41, 5.74) is 4.74. The van der Waals surface area contributed by atoms with Gasteiger partial charge in [0.15, 0.2) is 5.65 Å². The van der Waals surface area contributed by atoms with Gasteiger partial charge in [-0.3, -0.25) is 4.79 Å². The van der Waals surface area contributed by atoms with E-state index in [4.69, 9.17) is 0 Å². The molecule has 0 atom stereocenters. The number of benzene rings is 1. The average Bonchev–Trinajstić information content (AvgIpc) is 3.22. The SMILES string of the molecule is O=C(c1cnn2cccnc12)N1CCc2[nH]c3ccccc3c2C1. The van der Waals surface area contributed by atoms with Gasteiger partial charge >= 0.3 is 0 Å². The molecule has 0 unspecified atom stereocenters. The number of para-hydroxylation sites is 1. The van der Waals surface area contributed by atoms with Gasteiger partial charge in [0.1, 0.15) is 5.56 Å². The minimum Gasteiger partial charge on any atom is -0.358 e. The van der Waals surface area contributed by atoms with Crippen LogP contribution >= 0.6 is 0 Å². The van der Waals surface area contributed by atoms with Gasteiger partial charge in [-0.1, -0.05) is 18.2 Å². The zero-order chi connectivity index (χ0) is 16.1. The van der Waals surface area contributed by atoms with Gasteiger partial charge in [-0.15, -0.1) is 0 Å². The molecule has 1 aliphatic heterocycles. The third kappa shape index (κ3) is 1.86. The van der Waals surface area contributed by atoms with Crippen molar-refractivity contribution in [1.82, 2.24) is 24.5 Å². The lowest BCUT2D eigenvalue weighted by atomic mass is 10.0. The van der Waals surface area contributed by atoms with E-state index in [1.54, 1.807) is 29.2 Å². The van der Waals surface area contributed by atoms with Crippen LogP contribution in [0.4, 0.5) is 0 Å². The maximum absolute atomic E-state index is 13.0. The quantitative estimate of drug-likeness (QED) is 0.586. The number of carbonyl (C=O) groups is 1. The zero-order valence-electron chi connectivity index (χ0n) is 12.9. The molecule has 0 saturated carbocycles. The molecule has 0 aliphatic carbocycles. The van der Waals surface area contributed by atoms with E-state index in [1.807, 2.05) is 17.0 Å². The van der Waals surface area contributed by atoms with Crippen LogP contribution in [0.5, 0.6) is 0 Å². The Morgan fingerprint density at radius 1 is 1.21 bits per heavy atom. The van der Waals surface area contributed by atoms with E-state index in [1.165, 1.54) is 16.6 Å². The lowest BCUT2D eigenvalue weighted by Crippen LogP contribution is -2.35. The van der Waals surface area contributed by atoms with Gasteiger partial charge in [0, 0.05) is 54.1 Å². The minimum absolute atomic E-state index is 0.0142. The molecule has 0 fully saturated rings. The molecule has 4 aromatic rings. The largest absolute Gasteiger partial charge is 0.358 e. The van der Waals surface area contributed by atoms with E-state index in [0.717, 1.165) is 11.9 Å². The van der Waals surface area contributed by atoms with Gasteiger partial charge in [-0.2, -0.15) is 5.10 Å². The molecule has 3 aromatic heterocycles. The maximum atomic E-state index is 13.0. The number of rotatable bonds is 1. The first-order valence-corrected chi connectivity index (χ1v) is 7.97. The van der Waals surface area contributed by atoms with Crippen LogP contribution in [0, 0.1) is 0 Å². The second-order valence-electron chi connectivity index (χ2n) is 6.05. The fourth-order valence-corrected chi connectivity index (χ4v) is 3.49. The highest BCUT2D eigenvalue weighted by atomic mass is 16.2. The summed E-state index contributed by atoms with van der Waals surface area (Å²) >= 11 is 0. The van der Waals surface area contributed by atoms with Crippen LogP contribution in [0.15, 0.2) is 48.9 Å². The van der Waals surface area contributed by atoms with Gasteiger partial charge in [0.2, 0.25) is 0 Å². The first-order valence-electron chi connectivity index (χ1n) is 7.97. The Kier molecular flexibility index (Phi) is 2.73. The van der Waals surface area contributed by atoms with E-state index < -0.39 is 0 Å². The molecular formula is C18H15N5O.